The second-order valence-electron chi connectivity index (χ2n) is 10.1. The van der Waals surface area contributed by atoms with Crippen LogP contribution < -0.4 is 14.9 Å². The van der Waals surface area contributed by atoms with E-state index in [1.165, 1.54) is 7.11 Å². The van der Waals surface area contributed by atoms with E-state index in [0.29, 0.717) is 12.3 Å². The van der Waals surface area contributed by atoms with Crippen molar-refractivity contribution < 1.29 is 23.8 Å². The number of benzene rings is 4. The number of ether oxygens (including phenoxy) is 3. The predicted molar refractivity (Wildman–Crippen MR) is 171 cm³/mol. The Morgan fingerprint density at radius 3 is 2.29 bits per heavy atom. The third-order valence-electron chi connectivity index (χ3n) is 7.17. The normalized spacial score (nSPS) is 12.2. The molecule has 1 amide bonds. The molecule has 4 aromatic carbocycles. The molecule has 11 heteroatoms. The number of fused-ring (bicyclic) bond motifs is 1. The van der Waals surface area contributed by atoms with E-state index in [1.54, 1.807) is 28.8 Å². The lowest BCUT2D eigenvalue weighted by Crippen LogP contribution is -2.43. The van der Waals surface area contributed by atoms with Gasteiger partial charge >= 0.3 is 16.9 Å². The molecule has 1 heterocycles. The number of esters is 1. The molecule has 2 unspecified atom stereocenters. The summed E-state index contributed by atoms with van der Waals surface area (Å²) in [5.41, 5.74) is 3.87. The number of alkyl carbamates (subject to hydrolysis) is 1. The van der Waals surface area contributed by atoms with Crippen LogP contribution in [0.5, 0.6) is 5.75 Å². The molecule has 5 aromatic rings. The number of amides is 1. The van der Waals surface area contributed by atoms with E-state index in [0.717, 1.165) is 43.8 Å². The van der Waals surface area contributed by atoms with Gasteiger partial charge in [-0.3, -0.25) is 9.36 Å². The molecular formula is C34H31N3O7S. The van der Waals surface area contributed by atoms with Crippen molar-refractivity contribution >= 4 is 33.6 Å². The maximum atomic E-state index is 12.8. The Morgan fingerprint density at radius 2 is 1.60 bits per heavy atom. The summed E-state index contributed by atoms with van der Waals surface area (Å²) < 4.78 is 18.4. The molecule has 1 aromatic heterocycles. The summed E-state index contributed by atoms with van der Waals surface area (Å²) in [6.07, 6.45) is -0.533. The molecule has 0 saturated heterocycles. The van der Waals surface area contributed by atoms with Crippen LogP contribution in [0.25, 0.3) is 10.2 Å². The first-order chi connectivity index (χ1) is 21.9. The van der Waals surface area contributed by atoms with Crippen molar-refractivity contribution in [1.82, 2.24) is 9.88 Å². The van der Waals surface area contributed by atoms with E-state index in [9.17, 15) is 19.3 Å². The molecule has 230 valence electrons. The van der Waals surface area contributed by atoms with Gasteiger partial charge in [-0.1, -0.05) is 95.4 Å². The van der Waals surface area contributed by atoms with E-state index < -0.39 is 24.1 Å². The monoisotopic (exact) mass is 625 g/mol. The lowest BCUT2D eigenvalue weighted by atomic mass is 9.99. The summed E-state index contributed by atoms with van der Waals surface area (Å²) in [6.45, 7) is 0.648. The van der Waals surface area contributed by atoms with Crippen molar-refractivity contribution in [2.45, 2.75) is 31.7 Å². The summed E-state index contributed by atoms with van der Waals surface area (Å²) in [7, 11) is 1.26. The molecular weight excluding hydrogens is 594 g/mol. The number of methoxy groups -OCH3 is 1. The zero-order valence-electron chi connectivity index (χ0n) is 24.5. The minimum Gasteiger partial charge on any atom is -0.492 e. The highest BCUT2D eigenvalue weighted by Gasteiger charge is 2.23. The van der Waals surface area contributed by atoms with Gasteiger partial charge in [-0.25, -0.2) is 9.59 Å². The van der Waals surface area contributed by atoms with E-state index in [4.69, 9.17) is 14.2 Å². The molecule has 0 radical (unpaired) electrons. The fourth-order valence-electron chi connectivity index (χ4n) is 4.87. The van der Waals surface area contributed by atoms with Crippen molar-refractivity contribution in [3.05, 3.63) is 140 Å². The fourth-order valence-corrected chi connectivity index (χ4v) is 5.83. The van der Waals surface area contributed by atoms with Crippen LogP contribution in [0, 0.1) is 4.91 Å². The van der Waals surface area contributed by atoms with Crippen molar-refractivity contribution in [3.8, 4) is 5.75 Å². The van der Waals surface area contributed by atoms with Crippen LogP contribution in [-0.4, -0.2) is 36.4 Å². The minimum absolute atomic E-state index is 0.0767. The summed E-state index contributed by atoms with van der Waals surface area (Å²) in [5.74, 6) is -0.00761. The zero-order valence-corrected chi connectivity index (χ0v) is 25.3. The molecule has 10 nitrogen and oxygen atoms in total. The number of nitroso groups, excluding NO2 is 1. The van der Waals surface area contributed by atoms with Gasteiger partial charge in [0, 0.05) is 6.42 Å². The van der Waals surface area contributed by atoms with Gasteiger partial charge in [0.2, 0.25) is 0 Å². The number of thiazole rings is 1. The lowest BCUT2D eigenvalue weighted by Gasteiger charge is -2.17. The van der Waals surface area contributed by atoms with Crippen LogP contribution >= 0.6 is 11.3 Å². The van der Waals surface area contributed by atoms with E-state index in [-0.39, 0.29) is 24.5 Å². The summed E-state index contributed by atoms with van der Waals surface area (Å²) in [4.78, 5) is 49.0. The molecule has 5 rings (SSSR count). The van der Waals surface area contributed by atoms with Crippen molar-refractivity contribution in [3.63, 3.8) is 0 Å². The standard InChI is InChI=1S/C34H31N3O7S/c1-42-32(38)28(35-33(39)44-22-24-8-4-2-5-9-24)20-23-12-15-27(16-13-23)43-19-18-37-29-17-14-26(21-30(29)45-34(37)40)31(36-41)25-10-6-3-7-11-25/h2-17,21,28,31H,18-20,22H2,1H3,(H,35,39). The Morgan fingerprint density at radius 1 is 0.889 bits per heavy atom. The van der Waals surface area contributed by atoms with Gasteiger partial charge in [0.1, 0.15) is 31.0 Å². The highest BCUT2D eigenvalue weighted by atomic mass is 32.1. The Balaban J connectivity index is 1.16. The second kappa shape index (κ2) is 14.9. The number of aromatic nitrogens is 1. The molecule has 1 N–H and O–H groups in total. The average molecular weight is 626 g/mol. The highest BCUT2D eigenvalue weighted by Crippen LogP contribution is 2.29. The first kappa shape index (κ1) is 31.1. The molecule has 0 bridgehead atoms. The average Bonchev–Trinajstić information content (AvgIpc) is 3.39. The van der Waals surface area contributed by atoms with Gasteiger partial charge in [-0.2, -0.15) is 0 Å². The lowest BCUT2D eigenvalue weighted by molar-refractivity contribution is -0.143. The molecule has 0 fully saturated rings. The summed E-state index contributed by atoms with van der Waals surface area (Å²) in [6, 6.07) is 29.5. The fraction of sp³-hybridized carbons (Fsp3) is 0.206. The number of hydrogen-bond donors (Lipinski definition) is 1. The van der Waals surface area contributed by atoms with E-state index in [1.807, 2.05) is 78.9 Å². The maximum absolute atomic E-state index is 12.8. The first-order valence-corrected chi connectivity index (χ1v) is 15.0. The van der Waals surface area contributed by atoms with Crippen LogP contribution in [-0.2, 0) is 33.8 Å². The maximum Gasteiger partial charge on any atom is 0.408 e. The van der Waals surface area contributed by atoms with Gasteiger partial charge in [0.15, 0.2) is 0 Å². The summed E-state index contributed by atoms with van der Waals surface area (Å²) in [5, 5.41) is 5.89. The largest absolute Gasteiger partial charge is 0.492 e. The smallest absolute Gasteiger partial charge is 0.408 e. The van der Waals surface area contributed by atoms with Crippen molar-refractivity contribution in [1.29, 1.82) is 0 Å². The molecule has 0 aliphatic heterocycles. The van der Waals surface area contributed by atoms with Crippen LogP contribution in [0.2, 0.25) is 0 Å². The molecule has 0 aliphatic carbocycles. The SMILES string of the molecule is COC(=O)C(Cc1ccc(OCCn2c(=O)sc3cc(C(N=O)c4ccccc4)ccc32)cc1)NC(=O)OCc1ccccc1. The third-order valence-corrected chi connectivity index (χ3v) is 8.11. The van der Waals surface area contributed by atoms with Crippen molar-refractivity contribution in [2.75, 3.05) is 13.7 Å². The Labute approximate surface area is 263 Å². The van der Waals surface area contributed by atoms with Crippen LogP contribution in [0.3, 0.4) is 0 Å². The van der Waals surface area contributed by atoms with Gasteiger partial charge in [0.05, 0.1) is 23.9 Å². The number of carbonyl (C=O) groups is 2. The number of rotatable bonds is 13. The van der Waals surface area contributed by atoms with Crippen LogP contribution in [0.1, 0.15) is 28.3 Å². The Bertz CT molecular complexity index is 1810. The molecule has 0 aliphatic rings. The first-order valence-electron chi connectivity index (χ1n) is 14.2. The predicted octanol–water partition coefficient (Wildman–Crippen LogP) is 6.01. The second-order valence-corrected chi connectivity index (χ2v) is 11.1. The summed E-state index contributed by atoms with van der Waals surface area (Å²) >= 11 is 1.11. The van der Waals surface area contributed by atoms with Gasteiger partial charge in [0.25, 0.3) is 0 Å². The molecule has 0 spiro atoms. The van der Waals surface area contributed by atoms with E-state index >= 15 is 0 Å². The topological polar surface area (TPSA) is 125 Å². The van der Waals surface area contributed by atoms with Gasteiger partial charge in [-0.05, 0) is 46.5 Å². The minimum atomic E-state index is -0.936. The van der Waals surface area contributed by atoms with Gasteiger partial charge < -0.3 is 19.5 Å². The molecule has 45 heavy (non-hydrogen) atoms. The quantitative estimate of drug-likeness (QED) is 0.126. The zero-order chi connectivity index (χ0) is 31.6. The number of nitrogens with zero attached hydrogens (tertiary/aromatic N) is 2. The third kappa shape index (κ3) is 8.01. The number of nitrogens with one attached hydrogen (secondary N) is 1. The van der Waals surface area contributed by atoms with Gasteiger partial charge in [-0.15, -0.1) is 4.91 Å². The van der Waals surface area contributed by atoms with Crippen LogP contribution in [0.4, 0.5) is 4.79 Å². The number of hydrogen-bond acceptors (Lipinski definition) is 9. The van der Waals surface area contributed by atoms with Crippen molar-refractivity contribution in [2.24, 2.45) is 5.18 Å². The number of carbonyl (C=O) groups excluding carboxylic acids is 2. The Kier molecular flexibility index (Phi) is 10.3. The molecule has 0 saturated carbocycles. The molecule has 2 atom stereocenters. The van der Waals surface area contributed by atoms with E-state index in [2.05, 4.69) is 10.5 Å². The highest BCUT2D eigenvalue weighted by molar-refractivity contribution is 7.16. The Hall–Kier alpha value is -5.29. The van der Waals surface area contributed by atoms with Crippen LogP contribution in [0.15, 0.2) is 113 Å².